The minimum absolute atomic E-state index is 0.181. The van der Waals surface area contributed by atoms with Gasteiger partial charge in [0.2, 0.25) is 11.8 Å². The van der Waals surface area contributed by atoms with Gasteiger partial charge in [0.05, 0.1) is 49.7 Å². The number of carboxylic acid groups (broad SMARTS) is 2. The van der Waals surface area contributed by atoms with E-state index in [-0.39, 0.29) is 37.4 Å². The van der Waals surface area contributed by atoms with Crippen LogP contribution in [0.1, 0.15) is 81.0 Å². The number of carbonyl (C=O) groups is 8. The molecule has 12 atom stereocenters. The van der Waals surface area contributed by atoms with E-state index < -0.39 is 146 Å². The van der Waals surface area contributed by atoms with Gasteiger partial charge in [0, 0.05) is 96.4 Å². The van der Waals surface area contributed by atoms with Crippen molar-refractivity contribution in [1.82, 2.24) is 31.9 Å². The van der Waals surface area contributed by atoms with E-state index in [1.54, 1.807) is 48.5 Å². The third-order valence-corrected chi connectivity index (χ3v) is 18.8. The van der Waals surface area contributed by atoms with Crippen LogP contribution >= 0.6 is 46.2 Å². The average molecular weight is 1350 g/mol. The van der Waals surface area contributed by atoms with E-state index in [1.165, 1.54) is 70.5 Å². The molecule has 0 aliphatic carbocycles. The van der Waals surface area contributed by atoms with Crippen molar-refractivity contribution >= 4 is 93.6 Å². The van der Waals surface area contributed by atoms with Crippen LogP contribution in [0.3, 0.4) is 0 Å². The smallest absolute Gasteiger partial charge is 0.364 e. The topological polar surface area (TPSA) is 408 Å². The number of rotatable bonds is 34. The number of thioether (sulfide) groups is 2. The van der Waals surface area contributed by atoms with Crippen LogP contribution in [0.15, 0.2) is 108 Å². The Balaban J connectivity index is 0.771. The van der Waals surface area contributed by atoms with Crippen LogP contribution in [0.5, 0.6) is 0 Å². The van der Waals surface area contributed by atoms with Gasteiger partial charge < -0.3 is 91.7 Å². The summed E-state index contributed by atoms with van der Waals surface area (Å²) in [6, 6.07) is 24.4. The number of carboxylic acids is 2. The van der Waals surface area contributed by atoms with Gasteiger partial charge in [-0.3, -0.25) is 28.8 Å². The van der Waals surface area contributed by atoms with Gasteiger partial charge in [-0.05, 0) is 107 Å². The van der Waals surface area contributed by atoms with E-state index in [0.717, 1.165) is 34.7 Å². The summed E-state index contributed by atoms with van der Waals surface area (Å²) < 4.78 is 23.1. The van der Waals surface area contributed by atoms with Gasteiger partial charge in [0.25, 0.3) is 35.2 Å². The minimum Gasteiger partial charge on any atom is -0.477 e. The quantitative estimate of drug-likeness (QED) is 0.0262. The lowest BCUT2D eigenvalue weighted by atomic mass is 9.88. The van der Waals surface area contributed by atoms with Gasteiger partial charge in [0.15, 0.2) is 0 Å². The van der Waals surface area contributed by atoms with Gasteiger partial charge in [0.1, 0.15) is 24.4 Å². The van der Waals surface area contributed by atoms with Crippen molar-refractivity contribution in [2.75, 3.05) is 62.4 Å². The van der Waals surface area contributed by atoms with Crippen LogP contribution in [0.2, 0.25) is 0 Å². The third-order valence-electron chi connectivity index (χ3n) is 14.9. The Bertz CT molecular complexity index is 3030. The first-order valence-corrected chi connectivity index (χ1v) is 33.5. The Kier molecular flexibility index (Phi) is 27.5. The number of aliphatic hydroxyl groups is 6. The number of nitrogens with one attached hydrogen (secondary N) is 6. The summed E-state index contributed by atoms with van der Waals surface area (Å²) in [4.78, 5) is 103. The number of benzene rings is 3. The van der Waals surface area contributed by atoms with Crippen molar-refractivity contribution in [2.24, 2.45) is 0 Å². The second-order valence-corrected chi connectivity index (χ2v) is 26.0. The number of hydrogen-bond acceptors (Lipinski definition) is 22. The molecule has 14 N–H and O–H groups in total. The molecule has 6 amide bonds. The van der Waals surface area contributed by atoms with Crippen LogP contribution in [-0.2, 0) is 38.1 Å². The van der Waals surface area contributed by atoms with Crippen LogP contribution < -0.4 is 31.9 Å². The monoisotopic (exact) mass is 1350 g/mol. The molecule has 0 radical (unpaired) electrons. The number of amides is 6. The highest BCUT2D eigenvalue weighted by Gasteiger charge is 2.57. The number of thiophene rings is 2. The molecule has 2 aliphatic heterocycles. The Morgan fingerprint density at radius 2 is 0.859 bits per heavy atom. The maximum absolute atomic E-state index is 12.9. The molecule has 30 heteroatoms. The fraction of sp³-hybridized carbons (Fsp3) is 0.452. The highest BCUT2D eigenvalue weighted by atomic mass is 32.2. The Morgan fingerprint density at radius 1 is 0.522 bits per heavy atom. The van der Waals surface area contributed by atoms with Gasteiger partial charge >= 0.3 is 11.9 Å². The minimum atomic E-state index is -2.49. The van der Waals surface area contributed by atoms with Crippen molar-refractivity contribution < 1.29 is 98.2 Å². The van der Waals surface area contributed by atoms with E-state index in [9.17, 15) is 79.2 Å². The molecular formula is C62H76N6O20S4. The maximum Gasteiger partial charge on any atom is 0.364 e. The van der Waals surface area contributed by atoms with E-state index in [1.807, 2.05) is 35.0 Å². The first-order valence-electron chi connectivity index (χ1n) is 29.4. The number of ether oxygens (including phenoxy) is 4. The van der Waals surface area contributed by atoms with Gasteiger partial charge in [-0.15, -0.1) is 22.7 Å². The zero-order chi connectivity index (χ0) is 66.5. The summed E-state index contributed by atoms with van der Waals surface area (Å²) >= 11 is 5.92. The molecule has 7 rings (SSSR count). The number of carbonyl (C=O) groups excluding carboxylic acids is 6. The van der Waals surface area contributed by atoms with Gasteiger partial charge in [-0.1, -0.05) is 36.4 Å². The standard InChI is InChI=1S/C62H76N6O20S4/c1-35(69)67-49-43(71)31-61(59(81)82,87-53(49)51(75)45(73)33-65-57(79)41-13-9-37(10-14-41)47-7-3-27-91-47)85-23-5-25-89-29-21-63-55(77)39-17-19-40(20-18-39)56(78)64-22-30-90-26-6-24-86-62(60(83)84)32-44(72)50(68-36(2)70)54(88-62)52(76)46(74)34-66-58(80)42-15-11-38(12-16-42)48-8-4-28-92-48/h3-4,7-20,27-28,43-46,49-54,71-76H,5-6,21-26,29-34H2,1-2H3,(H,63,77)(H,64,78)(H,65,79)(H,66,80)(H,67,69)(H,68,70)(H,81,82)(H,83,84)/t43-,44-,45+,46+,49+,50+,51+,52+,53+,54+,61+,62+/m0/s1. The number of aliphatic carboxylic acids is 2. The molecule has 3 aromatic carbocycles. The predicted molar refractivity (Wildman–Crippen MR) is 342 cm³/mol. The second kappa shape index (κ2) is 34.9. The highest BCUT2D eigenvalue weighted by molar-refractivity contribution is 7.99. The molecule has 498 valence electrons. The lowest BCUT2D eigenvalue weighted by Crippen LogP contribution is -2.68. The summed E-state index contributed by atoms with van der Waals surface area (Å²) in [5, 5.41) is 107. The molecule has 26 nitrogen and oxygen atoms in total. The summed E-state index contributed by atoms with van der Waals surface area (Å²) in [5.74, 6) is -9.60. The van der Waals surface area contributed by atoms with Crippen LogP contribution in [-0.4, -0.2) is 223 Å². The highest BCUT2D eigenvalue weighted by Crippen LogP contribution is 2.36. The largest absolute Gasteiger partial charge is 0.477 e. The van der Waals surface area contributed by atoms with Gasteiger partial charge in [-0.25, -0.2) is 9.59 Å². The summed E-state index contributed by atoms with van der Waals surface area (Å²) in [6.45, 7) is 1.44. The lowest BCUT2D eigenvalue weighted by molar-refractivity contribution is -0.310. The molecule has 2 fully saturated rings. The molecule has 0 spiro atoms. The Morgan fingerprint density at radius 3 is 1.17 bits per heavy atom. The first kappa shape index (κ1) is 72.5. The Labute approximate surface area is 546 Å². The van der Waals surface area contributed by atoms with E-state index in [0.29, 0.717) is 47.0 Å². The average Bonchev–Trinajstić information content (AvgIpc) is 0.905. The van der Waals surface area contributed by atoms with Crippen molar-refractivity contribution in [1.29, 1.82) is 0 Å². The van der Waals surface area contributed by atoms with Crippen molar-refractivity contribution in [2.45, 2.75) is 112 Å². The van der Waals surface area contributed by atoms with E-state index in [4.69, 9.17) is 18.9 Å². The zero-order valence-electron chi connectivity index (χ0n) is 50.2. The predicted octanol–water partition coefficient (Wildman–Crippen LogP) is 2.06. The molecule has 5 aromatic rings. The van der Waals surface area contributed by atoms with E-state index >= 15 is 0 Å². The molecule has 0 bridgehead atoms. The second-order valence-electron chi connectivity index (χ2n) is 21.6. The number of aliphatic hydroxyl groups excluding tert-OH is 6. The molecule has 0 saturated carbocycles. The first-order chi connectivity index (χ1) is 44.0. The SMILES string of the molecule is CC(=O)N[C@H]1[C@H]([C@H](O)[C@H](O)CNC(=O)c2ccc(-c3cccs3)cc2)O[C@@](OCCCSCCNC(=O)c2ccc(C(=O)NCCSCCCO[C@]3(C(=O)O)C[C@H](O)[C@@H](NC(C)=O)[C@H]([C@H](O)[C@H](O)CNC(=O)c4ccc(-c5cccs5)cc4)O3)cc2)(C(=O)O)C[C@@H]1O. The molecule has 2 aliphatic rings. The van der Waals surface area contributed by atoms with Gasteiger partial charge in [-0.2, -0.15) is 23.5 Å². The van der Waals surface area contributed by atoms with Crippen LogP contribution in [0, 0.1) is 0 Å². The van der Waals surface area contributed by atoms with Crippen molar-refractivity contribution in [3.8, 4) is 20.9 Å². The van der Waals surface area contributed by atoms with Crippen LogP contribution in [0.4, 0.5) is 0 Å². The molecular weight excluding hydrogens is 1280 g/mol. The lowest BCUT2D eigenvalue weighted by Gasteiger charge is -2.46. The Hall–Kier alpha value is -6.88. The van der Waals surface area contributed by atoms with E-state index in [2.05, 4.69) is 31.9 Å². The maximum atomic E-state index is 12.9. The normalized spacial score (nSPS) is 22.6. The van der Waals surface area contributed by atoms with Crippen molar-refractivity contribution in [3.05, 3.63) is 130 Å². The molecule has 4 heterocycles. The molecule has 2 saturated heterocycles. The number of hydrogen-bond donors (Lipinski definition) is 14. The van der Waals surface area contributed by atoms with Crippen molar-refractivity contribution in [3.63, 3.8) is 0 Å². The zero-order valence-corrected chi connectivity index (χ0v) is 53.4. The fourth-order valence-corrected chi connectivity index (χ4v) is 13.1. The molecule has 92 heavy (non-hydrogen) atoms. The fourth-order valence-electron chi connectivity index (χ4n) is 10.1. The summed E-state index contributed by atoms with van der Waals surface area (Å²) in [6.07, 6.45) is -14.6. The van der Waals surface area contributed by atoms with Crippen LogP contribution in [0.25, 0.3) is 20.9 Å². The molecule has 0 unspecified atom stereocenters. The molecule has 2 aromatic heterocycles. The third kappa shape index (κ3) is 20.1. The summed E-state index contributed by atoms with van der Waals surface area (Å²) in [7, 11) is 0. The summed E-state index contributed by atoms with van der Waals surface area (Å²) in [5.41, 5.74) is 2.96.